The zero-order chi connectivity index (χ0) is 13.1. The molecule has 0 fully saturated rings. The Morgan fingerprint density at radius 3 is 2.72 bits per heavy atom. The Labute approximate surface area is 123 Å². The van der Waals surface area contributed by atoms with Crippen LogP contribution in [0.15, 0.2) is 33.4 Å². The van der Waals surface area contributed by atoms with Crippen molar-refractivity contribution >= 4 is 44.4 Å². The molecular weight excluding hydrogens is 330 g/mol. The van der Waals surface area contributed by atoms with Gasteiger partial charge in [0.2, 0.25) is 0 Å². The molecule has 1 atom stereocenters. The zero-order valence-electron chi connectivity index (χ0n) is 10.2. The number of ketones is 1. The van der Waals surface area contributed by atoms with Crippen molar-refractivity contribution in [3.05, 3.63) is 43.2 Å². The van der Waals surface area contributed by atoms with Crippen LogP contribution in [0.1, 0.15) is 27.5 Å². The predicted octanol–water partition coefficient (Wildman–Crippen LogP) is 4.45. The van der Waals surface area contributed by atoms with Crippen LogP contribution in [0.2, 0.25) is 0 Å². The average Bonchev–Trinajstić information content (AvgIpc) is 2.98. The number of Topliss-reactive ketones (excluding diaryl/α,β-unsaturated/α-hetero) is 1. The normalized spacial score (nSPS) is 12.9. The van der Waals surface area contributed by atoms with Gasteiger partial charge in [-0.3, -0.25) is 9.69 Å². The zero-order valence-corrected chi connectivity index (χ0v) is 13.4. The molecule has 0 saturated heterocycles. The standard InChI is InChI=1S/C13H14BrNOS2/c1-9(12-4-3-6-17-12)15(2)8-11(16)13-10(14)5-7-18-13/h3-7,9H,8H2,1-2H3. The van der Waals surface area contributed by atoms with Crippen molar-refractivity contribution in [2.45, 2.75) is 13.0 Å². The number of likely N-dealkylation sites (N-methyl/N-ethyl adjacent to an activating group) is 1. The Morgan fingerprint density at radius 1 is 1.39 bits per heavy atom. The van der Waals surface area contributed by atoms with Crippen LogP contribution in [-0.2, 0) is 0 Å². The fourth-order valence-electron chi connectivity index (χ4n) is 1.67. The van der Waals surface area contributed by atoms with Gasteiger partial charge in [-0.2, -0.15) is 0 Å². The molecule has 0 radical (unpaired) electrons. The van der Waals surface area contributed by atoms with Crippen LogP contribution in [0.5, 0.6) is 0 Å². The van der Waals surface area contributed by atoms with Gasteiger partial charge in [-0.25, -0.2) is 0 Å². The Balaban J connectivity index is 2.02. The van der Waals surface area contributed by atoms with Crippen LogP contribution in [0, 0.1) is 0 Å². The molecule has 1 unspecified atom stereocenters. The average molecular weight is 344 g/mol. The number of carbonyl (C=O) groups is 1. The molecule has 2 aromatic rings. The van der Waals surface area contributed by atoms with Gasteiger partial charge in [0.1, 0.15) is 0 Å². The summed E-state index contributed by atoms with van der Waals surface area (Å²) in [4.78, 5) is 16.3. The van der Waals surface area contributed by atoms with Crippen LogP contribution in [0.25, 0.3) is 0 Å². The molecule has 0 bridgehead atoms. The van der Waals surface area contributed by atoms with E-state index in [1.165, 1.54) is 16.2 Å². The summed E-state index contributed by atoms with van der Waals surface area (Å²) in [5, 5.41) is 4.00. The van der Waals surface area contributed by atoms with Crippen LogP contribution >= 0.6 is 38.6 Å². The Kier molecular flexibility index (Phi) is 4.72. The maximum Gasteiger partial charge on any atom is 0.187 e. The van der Waals surface area contributed by atoms with Gasteiger partial charge in [0.25, 0.3) is 0 Å². The molecule has 2 rings (SSSR count). The largest absolute Gasteiger partial charge is 0.292 e. The van der Waals surface area contributed by atoms with E-state index in [4.69, 9.17) is 0 Å². The van der Waals surface area contributed by atoms with E-state index in [0.717, 1.165) is 9.35 Å². The van der Waals surface area contributed by atoms with Crippen LogP contribution in [0.4, 0.5) is 0 Å². The highest BCUT2D eigenvalue weighted by atomic mass is 79.9. The number of hydrogen-bond acceptors (Lipinski definition) is 4. The van der Waals surface area contributed by atoms with Crippen LogP contribution in [-0.4, -0.2) is 24.3 Å². The molecule has 18 heavy (non-hydrogen) atoms. The third-order valence-electron chi connectivity index (χ3n) is 2.88. The topological polar surface area (TPSA) is 20.3 Å². The summed E-state index contributed by atoms with van der Waals surface area (Å²) in [5.74, 6) is 0.169. The molecular formula is C13H14BrNOS2. The highest BCUT2D eigenvalue weighted by Gasteiger charge is 2.18. The molecule has 0 N–H and O–H groups in total. The molecule has 2 heterocycles. The molecule has 0 aliphatic carbocycles. The predicted molar refractivity (Wildman–Crippen MR) is 81.7 cm³/mol. The Hall–Kier alpha value is -0.490. The Bertz CT molecular complexity index is 521. The first-order chi connectivity index (χ1) is 8.59. The van der Waals surface area contributed by atoms with Gasteiger partial charge in [-0.15, -0.1) is 22.7 Å². The highest BCUT2D eigenvalue weighted by molar-refractivity contribution is 9.10. The summed E-state index contributed by atoms with van der Waals surface area (Å²) in [5.41, 5.74) is 0. The minimum absolute atomic E-state index is 0.169. The minimum Gasteiger partial charge on any atom is -0.292 e. The van der Waals surface area contributed by atoms with E-state index in [2.05, 4.69) is 39.2 Å². The number of carbonyl (C=O) groups excluding carboxylic acids is 1. The quantitative estimate of drug-likeness (QED) is 0.747. The summed E-state index contributed by atoms with van der Waals surface area (Å²) < 4.78 is 0.898. The molecule has 96 valence electrons. The third kappa shape index (κ3) is 3.09. The highest BCUT2D eigenvalue weighted by Crippen LogP contribution is 2.26. The monoisotopic (exact) mass is 343 g/mol. The molecule has 0 spiro atoms. The lowest BCUT2D eigenvalue weighted by molar-refractivity contribution is 0.0929. The molecule has 5 heteroatoms. The Morgan fingerprint density at radius 2 is 2.17 bits per heavy atom. The molecule has 2 aromatic heterocycles. The number of halogens is 1. The summed E-state index contributed by atoms with van der Waals surface area (Å²) in [7, 11) is 1.99. The number of rotatable bonds is 5. The van der Waals surface area contributed by atoms with Crippen molar-refractivity contribution in [2.75, 3.05) is 13.6 Å². The second-order valence-electron chi connectivity index (χ2n) is 4.13. The summed E-state index contributed by atoms with van der Waals surface area (Å²) >= 11 is 6.62. The summed E-state index contributed by atoms with van der Waals surface area (Å²) in [6, 6.07) is 6.34. The fraction of sp³-hybridized carbons (Fsp3) is 0.308. The van der Waals surface area contributed by atoms with E-state index in [1.54, 1.807) is 11.3 Å². The van der Waals surface area contributed by atoms with Gasteiger partial charge in [-0.05, 0) is 52.8 Å². The first-order valence-electron chi connectivity index (χ1n) is 5.59. The van der Waals surface area contributed by atoms with Crippen molar-refractivity contribution in [3.63, 3.8) is 0 Å². The van der Waals surface area contributed by atoms with E-state index in [0.29, 0.717) is 6.54 Å². The lowest BCUT2D eigenvalue weighted by Gasteiger charge is -2.22. The van der Waals surface area contributed by atoms with Gasteiger partial charge in [-0.1, -0.05) is 6.07 Å². The van der Waals surface area contributed by atoms with E-state index < -0.39 is 0 Å². The molecule has 0 aliphatic heterocycles. The number of hydrogen-bond donors (Lipinski definition) is 0. The summed E-state index contributed by atoms with van der Waals surface area (Å²) in [6.07, 6.45) is 0. The van der Waals surface area contributed by atoms with Crippen molar-refractivity contribution in [2.24, 2.45) is 0 Å². The maximum atomic E-state index is 12.2. The second kappa shape index (κ2) is 6.10. The van der Waals surface area contributed by atoms with Crippen molar-refractivity contribution < 1.29 is 4.79 Å². The number of nitrogens with zero attached hydrogens (tertiary/aromatic N) is 1. The van der Waals surface area contributed by atoms with Crippen molar-refractivity contribution in [1.29, 1.82) is 0 Å². The van der Waals surface area contributed by atoms with Crippen LogP contribution < -0.4 is 0 Å². The number of thiophene rings is 2. The van der Waals surface area contributed by atoms with Gasteiger partial charge in [0, 0.05) is 15.4 Å². The first kappa shape index (κ1) is 13.9. The lowest BCUT2D eigenvalue weighted by atomic mass is 10.2. The van der Waals surface area contributed by atoms with Gasteiger partial charge >= 0.3 is 0 Å². The van der Waals surface area contributed by atoms with E-state index in [9.17, 15) is 4.79 Å². The molecule has 2 nitrogen and oxygen atoms in total. The SMILES string of the molecule is CC(c1cccs1)N(C)CC(=O)c1sccc1Br. The van der Waals surface area contributed by atoms with E-state index in [1.807, 2.05) is 24.6 Å². The second-order valence-corrected chi connectivity index (χ2v) is 6.88. The van der Waals surface area contributed by atoms with Gasteiger partial charge < -0.3 is 0 Å². The molecule has 0 aliphatic rings. The fourth-order valence-corrected chi connectivity index (χ4v) is 4.05. The lowest BCUT2D eigenvalue weighted by Crippen LogP contribution is -2.28. The van der Waals surface area contributed by atoms with Gasteiger partial charge in [0.05, 0.1) is 11.4 Å². The van der Waals surface area contributed by atoms with E-state index >= 15 is 0 Å². The van der Waals surface area contributed by atoms with Gasteiger partial charge in [0.15, 0.2) is 5.78 Å². The summed E-state index contributed by atoms with van der Waals surface area (Å²) in [6.45, 7) is 2.57. The van der Waals surface area contributed by atoms with Crippen molar-refractivity contribution in [3.8, 4) is 0 Å². The smallest absolute Gasteiger partial charge is 0.187 e. The minimum atomic E-state index is 0.169. The maximum absolute atomic E-state index is 12.2. The molecule has 0 amide bonds. The molecule has 0 aromatic carbocycles. The van der Waals surface area contributed by atoms with E-state index in [-0.39, 0.29) is 11.8 Å². The molecule has 0 saturated carbocycles. The third-order valence-corrected chi connectivity index (χ3v) is 5.80. The first-order valence-corrected chi connectivity index (χ1v) is 8.14. The van der Waals surface area contributed by atoms with Crippen LogP contribution in [0.3, 0.4) is 0 Å². The van der Waals surface area contributed by atoms with Crippen molar-refractivity contribution in [1.82, 2.24) is 4.90 Å².